The molecule has 0 heterocycles. The normalized spacial score (nSPS) is 12.5. The van der Waals surface area contributed by atoms with Crippen LogP contribution in [0.4, 0.5) is 0 Å². The average Bonchev–Trinajstić information content (AvgIpc) is 3.29. The molecule has 0 radical (unpaired) electrons. The zero-order valence-electron chi connectivity index (χ0n) is 42.3. The Balaban J connectivity index is 4.45. The fourth-order valence-corrected chi connectivity index (χ4v) is 7.75. The van der Waals surface area contributed by atoms with E-state index in [-0.39, 0.29) is 31.6 Å². The molecule has 0 rings (SSSR count). The molecule has 6 nitrogen and oxygen atoms in total. The maximum absolute atomic E-state index is 12.8. The number of carbonyl (C=O) groups is 3. The molecule has 0 aliphatic carbocycles. The first-order valence-corrected chi connectivity index (χ1v) is 27.3. The van der Waals surface area contributed by atoms with Gasteiger partial charge in [0.15, 0.2) is 6.10 Å². The van der Waals surface area contributed by atoms with Crippen LogP contribution in [0.25, 0.3) is 0 Å². The largest absolute Gasteiger partial charge is 0.462 e. The minimum absolute atomic E-state index is 0.101. The van der Waals surface area contributed by atoms with Crippen molar-refractivity contribution < 1.29 is 28.6 Å². The lowest BCUT2D eigenvalue weighted by atomic mass is 10.0. The van der Waals surface area contributed by atoms with E-state index in [1.54, 1.807) is 6.08 Å². The van der Waals surface area contributed by atoms with Crippen LogP contribution in [0, 0.1) is 0 Å². The maximum Gasteiger partial charge on any atom is 0.310 e. The van der Waals surface area contributed by atoms with E-state index in [4.69, 9.17) is 14.2 Å². The van der Waals surface area contributed by atoms with E-state index < -0.39 is 12.1 Å². The Morgan fingerprint density at radius 1 is 0.328 bits per heavy atom. The van der Waals surface area contributed by atoms with Crippen molar-refractivity contribution in [3.05, 3.63) is 60.8 Å². The molecule has 1 unspecified atom stereocenters. The highest BCUT2D eigenvalue weighted by atomic mass is 16.6. The molecule has 0 aromatic rings. The number of esters is 3. The first kappa shape index (κ1) is 61.1. The number of hydrogen-bond donors (Lipinski definition) is 0. The Bertz CT molecular complexity index is 1170. The molecule has 64 heavy (non-hydrogen) atoms. The quantitative estimate of drug-likeness (QED) is 0.0262. The van der Waals surface area contributed by atoms with Gasteiger partial charge in [0.2, 0.25) is 0 Å². The third kappa shape index (κ3) is 50.1. The van der Waals surface area contributed by atoms with E-state index in [1.807, 2.05) is 6.08 Å². The van der Waals surface area contributed by atoms with E-state index in [0.29, 0.717) is 12.8 Å². The molecule has 0 saturated carbocycles. The Hall–Kier alpha value is -2.89. The Labute approximate surface area is 396 Å². The molecule has 0 amide bonds. The van der Waals surface area contributed by atoms with Crippen molar-refractivity contribution >= 4 is 17.9 Å². The molecule has 0 aromatic heterocycles. The molecule has 0 bridgehead atoms. The molecular formula is C58H102O6. The fourth-order valence-electron chi connectivity index (χ4n) is 7.75. The molecule has 0 spiro atoms. The SMILES string of the molecule is CC/C=C\C/C=C\C/C=C\C/C=C\C/C=C\CC(=O)OC(COC(=O)CCCCCCCCCCCCCCCC)COC(=O)CCCCCCCCCCCCCCCCCCC. The van der Waals surface area contributed by atoms with E-state index >= 15 is 0 Å². The van der Waals surface area contributed by atoms with Crippen LogP contribution < -0.4 is 0 Å². The van der Waals surface area contributed by atoms with Crippen molar-refractivity contribution in [2.75, 3.05) is 13.2 Å². The second kappa shape index (κ2) is 52.7. The number of carbonyl (C=O) groups excluding carboxylic acids is 3. The van der Waals surface area contributed by atoms with E-state index in [9.17, 15) is 14.4 Å². The van der Waals surface area contributed by atoms with Crippen LogP contribution in [0.15, 0.2) is 60.8 Å². The summed E-state index contributed by atoms with van der Waals surface area (Å²) in [5.41, 5.74) is 0. The summed E-state index contributed by atoms with van der Waals surface area (Å²) in [6, 6.07) is 0. The summed E-state index contributed by atoms with van der Waals surface area (Å²) >= 11 is 0. The molecule has 0 aliphatic rings. The van der Waals surface area contributed by atoms with Crippen molar-refractivity contribution in [2.24, 2.45) is 0 Å². The zero-order chi connectivity index (χ0) is 46.5. The highest BCUT2D eigenvalue weighted by Crippen LogP contribution is 2.16. The summed E-state index contributed by atoms with van der Waals surface area (Å²) in [5.74, 6) is -1.03. The predicted octanol–water partition coefficient (Wildman–Crippen LogP) is 18.0. The summed E-state index contributed by atoms with van der Waals surface area (Å²) in [6.45, 7) is 6.47. The van der Waals surface area contributed by atoms with Gasteiger partial charge in [-0.25, -0.2) is 0 Å². The third-order valence-electron chi connectivity index (χ3n) is 11.8. The average molecular weight is 895 g/mol. The first-order chi connectivity index (χ1) is 31.5. The summed E-state index contributed by atoms with van der Waals surface area (Å²) in [4.78, 5) is 38.0. The number of allylic oxidation sites excluding steroid dienone is 9. The standard InChI is InChI=1S/C58H102O6/c1-4-7-10-13-16-19-22-25-28-29-31-33-36-39-42-45-48-51-57(60)63-54-55(53-62-56(59)50-47-44-41-38-35-32-27-24-21-18-15-12-9-6-3)64-58(61)52-49-46-43-40-37-34-30-26-23-20-17-14-11-8-5-2/h8,11,17,20,26,30,37,40,46,49,55H,4-7,9-10,12-16,18-19,21-25,27-29,31-36,38-39,41-45,47-48,50-54H2,1-3H3/b11-8-,20-17-,30-26-,40-37-,49-46-. The number of rotatable bonds is 49. The van der Waals surface area contributed by atoms with Gasteiger partial charge in [-0.15, -0.1) is 0 Å². The van der Waals surface area contributed by atoms with Crippen LogP contribution in [0.1, 0.15) is 271 Å². The second-order valence-electron chi connectivity index (χ2n) is 18.1. The highest BCUT2D eigenvalue weighted by molar-refractivity contribution is 5.72. The number of unbranched alkanes of at least 4 members (excludes halogenated alkanes) is 29. The van der Waals surface area contributed by atoms with E-state index in [2.05, 4.69) is 69.4 Å². The van der Waals surface area contributed by atoms with Crippen molar-refractivity contribution in [1.82, 2.24) is 0 Å². The minimum atomic E-state index is -0.824. The molecule has 370 valence electrons. The second-order valence-corrected chi connectivity index (χ2v) is 18.1. The monoisotopic (exact) mass is 895 g/mol. The van der Waals surface area contributed by atoms with Gasteiger partial charge in [0.1, 0.15) is 13.2 Å². The topological polar surface area (TPSA) is 78.9 Å². The lowest BCUT2D eigenvalue weighted by Crippen LogP contribution is -2.30. The van der Waals surface area contributed by atoms with Gasteiger partial charge in [-0.05, 0) is 44.9 Å². The van der Waals surface area contributed by atoms with Gasteiger partial charge in [-0.3, -0.25) is 14.4 Å². The Morgan fingerprint density at radius 3 is 0.891 bits per heavy atom. The smallest absolute Gasteiger partial charge is 0.310 e. The minimum Gasteiger partial charge on any atom is -0.462 e. The predicted molar refractivity (Wildman–Crippen MR) is 275 cm³/mol. The van der Waals surface area contributed by atoms with Gasteiger partial charge < -0.3 is 14.2 Å². The molecule has 0 N–H and O–H groups in total. The van der Waals surface area contributed by atoms with Crippen LogP contribution in [-0.2, 0) is 28.6 Å². The van der Waals surface area contributed by atoms with Gasteiger partial charge in [-0.2, -0.15) is 0 Å². The molecule has 0 fully saturated rings. The van der Waals surface area contributed by atoms with Gasteiger partial charge in [0, 0.05) is 12.8 Å². The van der Waals surface area contributed by atoms with Crippen molar-refractivity contribution in [3.63, 3.8) is 0 Å². The van der Waals surface area contributed by atoms with E-state index in [0.717, 1.165) is 70.6 Å². The Morgan fingerprint density at radius 2 is 0.594 bits per heavy atom. The van der Waals surface area contributed by atoms with Crippen molar-refractivity contribution in [3.8, 4) is 0 Å². The van der Waals surface area contributed by atoms with Gasteiger partial charge >= 0.3 is 17.9 Å². The fraction of sp³-hybridized carbons (Fsp3) is 0.776. The third-order valence-corrected chi connectivity index (χ3v) is 11.8. The maximum atomic E-state index is 12.8. The van der Waals surface area contributed by atoms with Gasteiger partial charge in [-0.1, -0.05) is 268 Å². The van der Waals surface area contributed by atoms with Crippen LogP contribution in [0.2, 0.25) is 0 Å². The first-order valence-electron chi connectivity index (χ1n) is 27.3. The van der Waals surface area contributed by atoms with Crippen LogP contribution >= 0.6 is 0 Å². The molecule has 0 saturated heterocycles. The van der Waals surface area contributed by atoms with Gasteiger partial charge in [0.25, 0.3) is 0 Å². The zero-order valence-corrected chi connectivity index (χ0v) is 42.3. The lowest BCUT2D eigenvalue weighted by molar-refractivity contribution is -0.166. The lowest BCUT2D eigenvalue weighted by Gasteiger charge is -2.18. The summed E-state index contributed by atoms with van der Waals surface area (Å²) in [5, 5.41) is 0. The summed E-state index contributed by atoms with van der Waals surface area (Å²) < 4.78 is 16.7. The molecule has 6 heteroatoms. The Kier molecular flexibility index (Phi) is 50.4. The van der Waals surface area contributed by atoms with Crippen LogP contribution in [0.3, 0.4) is 0 Å². The van der Waals surface area contributed by atoms with Crippen LogP contribution in [0.5, 0.6) is 0 Å². The van der Waals surface area contributed by atoms with Crippen molar-refractivity contribution in [1.29, 1.82) is 0 Å². The highest BCUT2D eigenvalue weighted by Gasteiger charge is 2.19. The summed E-state index contributed by atoms with van der Waals surface area (Å²) in [6.07, 6.45) is 65.2. The van der Waals surface area contributed by atoms with Gasteiger partial charge in [0.05, 0.1) is 6.42 Å². The van der Waals surface area contributed by atoms with Crippen LogP contribution in [-0.4, -0.2) is 37.2 Å². The van der Waals surface area contributed by atoms with Crippen molar-refractivity contribution in [2.45, 2.75) is 277 Å². The number of hydrogen-bond acceptors (Lipinski definition) is 6. The molecule has 0 aliphatic heterocycles. The molecular weight excluding hydrogens is 793 g/mol. The molecule has 0 aromatic carbocycles. The molecule has 1 atom stereocenters. The number of ether oxygens (including phenoxy) is 3. The van der Waals surface area contributed by atoms with E-state index in [1.165, 1.54) is 161 Å². The summed E-state index contributed by atoms with van der Waals surface area (Å²) in [7, 11) is 0.